The van der Waals surface area contributed by atoms with Crippen molar-refractivity contribution in [1.29, 1.82) is 0 Å². The van der Waals surface area contributed by atoms with E-state index in [4.69, 9.17) is 11.6 Å². The van der Waals surface area contributed by atoms with Crippen LogP contribution in [0.5, 0.6) is 5.75 Å². The van der Waals surface area contributed by atoms with Gasteiger partial charge in [-0.3, -0.25) is 4.90 Å². The second kappa shape index (κ2) is 5.71. The van der Waals surface area contributed by atoms with Crippen molar-refractivity contribution in [2.75, 3.05) is 19.7 Å². The third-order valence-corrected chi connectivity index (χ3v) is 3.53. The van der Waals surface area contributed by atoms with Gasteiger partial charge in [0, 0.05) is 30.3 Å². The molecule has 17 heavy (non-hydrogen) atoms. The molecule has 1 aliphatic rings. The molecule has 1 fully saturated rings. The largest absolute Gasteiger partial charge is 0.508 e. The van der Waals surface area contributed by atoms with Crippen LogP contribution in [0.2, 0.25) is 5.02 Å². The van der Waals surface area contributed by atoms with E-state index in [1.54, 1.807) is 18.2 Å². The van der Waals surface area contributed by atoms with Gasteiger partial charge in [-0.2, -0.15) is 0 Å². The number of benzene rings is 1. The van der Waals surface area contributed by atoms with Crippen LogP contribution in [0.1, 0.15) is 18.4 Å². The van der Waals surface area contributed by atoms with Gasteiger partial charge in [-0.25, -0.2) is 0 Å². The third kappa shape index (κ3) is 3.35. The van der Waals surface area contributed by atoms with Crippen LogP contribution in [-0.4, -0.2) is 34.8 Å². The second-order valence-corrected chi connectivity index (χ2v) is 5.14. The van der Waals surface area contributed by atoms with Crippen molar-refractivity contribution in [1.82, 2.24) is 4.90 Å². The molecule has 1 atom stereocenters. The van der Waals surface area contributed by atoms with Crippen LogP contribution in [0.4, 0.5) is 0 Å². The van der Waals surface area contributed by atoms with Gasteiger partial charge in [-0.1, -0.05) is 11.6 Å². The maximum Gasteiger partial charge on any atom is 0.120 e. The Labute approximate surface area is 107 Å². The van der Waals surface area contributed by atoms with Gasteiger partial charge in [0.2, 0.25) is 0 Å². The van der Waals surface area contributed by atoms with E-state index in [2.05, 4.69) is 4.90 Å². The maximum absolute atomic E-state index is 9.75. The summed E-state index contributed by atoms with van der Waals surface area (Å²) in [6.07, 6.45) is 2.20. The SMILES string of the molecule is OC[C@@H]1CCCN(Cc2cc(Cl)ccc2O)C1. The van der Waals surface area contributed by atoms with Crippen molar-refractivity contribution >= 4 is 11.6 Å². The van der Waals surface area contributed by atoms with Gasteiger partial charge in [-0.05, 0) is 43.5 Å². The Bertz CT molecular complexity index is 384. The van der Waals surface area contributed by atoms with E-state index in [1.807, 2.05) is 0 Å². The summed E-state index contributed by atoms with van der Waals surface area (Å²) in [6, 6.07) is 5.12. The second-order valence-electron chi connectivity index (χ2n) is 4.70. The Hall–Kier alpha value is -0.770. The highest BCUT2D eigenvalue weighted by Crippen LogP contribution is 2.25. The van der Waals surface area contributed by atoms with Crippen LogP contribution in [0.3, 0.4) is 0 Å². The molecule has 2 rings (SSSR count). The zero-order valence-corrected chi connectivity index (χ0v) is 10.5. The molecular weight excluding hydrogens is 238 g/mol. The number of piperidine rings is 1. The number of rotatable bonds is 3. The molecule has 0 bridgehead atoms. The molecule has 0 radical (unpaired) electrons. The lowest BCUT2D eigenvalue weighted by atomic mass is 9.98. The van der Waals surface area contributed by atoms with Crippen molar-refractivity contribution in [3.63, 3.8) is 0 Å². The summed E-state index contributed by atoms with van der Waals surface area (Å²) in [6.45, 7) is 2.85. The summed E-state index contributed by atoms with van der Waals surface area (Å²) in [4.78, 5) is 2.26. The molecule has 94 valence electrons. The molecule has 0 aliphatic carbocycles. The van der Waals surface area contributed by atoms with Gasteiger partial charge in [-0.15, -0.1) is 0 Å². The van der Waals surface area contributed by atoms with Crippen LogP contribution in [-0.2, 0) is 6.54 Å². The monoisotopic (exact) mass is 255 g/mol. The van der Waals surface area contributed by atoms with Gasteiger partial charge in [0.1, 0.15) is 5.75 Å². The average molecular weight is 256 g/mol. The number of aliphatic hydroxyl groups is 1. The highest BCUT2D eigenvalue weighted by molar-refractivity contribution is 6.30. The van der Waals surface area contributed by atoms with Crippen molar-refractivity contribution in [2.45, 2.75) is 19.4 Å². The van der Waals surface area contributed by atoms with Gasteiger partial charge >= 0.3 is 0 Å². The Morgan fingerprint density at radius 2 is 2.24 bits per heavy atom. The Balaban J connectivity index is 2.02. The molecule has 4 heteroatoms. The first kappa shape index (κ1) is 12.7. The maximum atomic E-state index is 9.75. The molecule has 1 aliphatic heterocycles. The van der Waals surface area contributed by atoms with Crippen LogP contribution >= 0.6 is 11.6 Å². The van der Waals surface area contributed by atoms with Gasteiger partial charge in [0.25, 0.3) is 0 Å². The lowest BCUT2D eigenvalue weighted by Crippen LogP contribution is -2.36. The van der Waals surface area contributed by atoms with E-state index >= 15 is 0 Å². The molecule has 0 aromatic heterocycles. The smallest absolute Gasteiger partial charge is 0.120 e. The number of phenols is 1. The standard InChI is InChI=1S/C13H18ClNO2/c14-12-3-4-13(17)11(6-12)8-15-5-1-2-10(7-15)9-16/h3-4,6,10,16-17H,1-2,5,7-9H2/t10-/m1/s1. The number of halogens is 1. The summed E-state index contributed by atoms with van der Waals surface area (Å²) in [5.41, 5.74) is 0.857. The molecule has 1 aromatic carbocycles. The molecule has 1 aromatic rings. The predicted octanol–water partition coefficient (Wildman–Crippen LogP) is 2.25. The summed E-state index contributed by atoms with van der Waals surface area (Å²) in [5.74, 6) is 0.658. The Morgan fingerprint density at radius 3 is 3.00 bits per heavy atom. The lowest BCUT2D eigenvalue weighted by molar-refractivity contribution is 0.115. The number of hydrogen-bond acceptors (Lipinski definition) is 3. The molecular formula is C13H18ClNO2. The normalized spacial score (nSPS) is 21.6. The molecule has 1 heterocycles. The van der Waals surface area contributed by atoms with Crippen LogP contribution in [0, 0.1) is 5.92 Å². The first-order chi connectivity index (χ1) is 8.19. The van der Waals surface area contributed by atoms with E-state index in [9.17, 15) is 10.2 Å². The highest BCUT2D eigenvalue weighted by Gasteiger charge is 2.19. The van der Waals surface area contributed by atoms with Gasteiger partial charge in [0.05, 0.1) is 0 Å². The van der Waals surface area contributed by atoms with Crippen molar-refractivity contribution < 1.29 is 10.2 Å². The number of aliphatic hydroxyl groups excluding tert-OH is 1. The highest BCUT2D eigenvalue weighted by atomic mass is 35.5. The molecule has 0 unspecified atom stereocenters. The number of phenolic OH excluding ortho intramolecular Hbond substituents is 1. The fourth-order valence-electron chi connectivity index (χ4n) is 2.37. The topological polar surface area (TPSA) is 43.7 Å². The Kier molecular flexibility index (Phi) is 4.26. The van der Waals surface area contributed by atoms with Crippen LogP contribution in [0.15, 0.2) is 18.2 Å². The molecule has 0 saturated carbocycles. The summed E-state index contributed by atoms with van der Waals surface area (Å²) in [5, 5.41) is 19.6. The number of likely N-dealkylation sites (tertiary alicyclic amines) is 1. The first-order valence-electron chi connectivity index (χ1n) is 5.99. The minimum Gasteiger partial charge on any atom is -0.508 e. The minimum absolute atomic E-state index is 0.248. The van der Waals surface area contributed by atoms with E-state index in [-0.39, 0.29) is 6.61 Å². The summed E-state index contributed by atoms with van der Waals surface area (Å²) >= 11 is 5.92. The number of aromatic hydroxyl groups is 1. The van der Waals surface area contributed by atoms with E-state index in [1.165, 1.54) is 0 Å². The number of nitrogens with zero attached hydrogens (tertiary/aromatic N) is 1. The molecule has 1 saturated heterocycles. The zero-order chi connectivity index (χ0) is 12.3. The van der Waals surface area contributed by atoms with Crippen LogP contribution in [0.25, 0.3) is 0 Å². The summed E-state index contributed by atoms with van der Waals surface area (Å²) < 4.78 is 0. The van der Waals surface area contributed by atoms with Gasteiger partial charge < -0.3 is 10.2 Å². The van der Waals surface area contributed by atoms with Crippen molar-refractivity contribution in [3.05, 3.63) is 28.8 Å². The summed E-state index contributed by atoms with van der Waals surface area (Å²) in [7, 11) is 0. The number of hydrogen-bond donors (Lipinski definition) is 2. The van der Waals surface area contributed by atoms with Gasteiger partial charge in [0.15, 0.2) is 0 Å². The first-order valence-corrected chi connectivity index (χ1v) is 6.37. The lowest BCUT2D eigenvalue weighted by Gasteiger charge is -2.31. The third-order valence-electron chi connectivity index (χ3n) is 3.30. The zero-order valence-electron chi connectivity index (χ0n) is 9.77. The van der Waals surface area contributed by atoms with Crippen LogP contribution < -0.4 is 0 Å². The molecule has 0 spiro atoms. The molecule has 3 nitrogen and oxygen atoms in total. The fraction of sp³-hybridized carbons (Fsp3) is 0.538. The fourth-order valence-corrected chi connectivity index (χ4v) is 2.56. The quantitative estimate of drug-likeness (QED) is 0.871. The van der Waals surface area contributed by atoms with E-state index in [0.29, 0.717) is 23.2 Å². The molecule has 0 amide bonds. The minimum atomic E-state index is 0.248. The molecule has 2 N–H and O–H groups in total. The van der Waals surface area contributed by atoms with E-state index < -0.39 is 0 Å². The Morgan fingerprint density at radius 1 is 1.41 bits per heavy atom. The predicted molar refractivity (Wildman–Crippen MR) is 68.2 cm³/mol. The van der Waals surface area contributed by atoms with E-state index in [0.717, 1.165) is 31.5 Å². The van der Waals surface area contributed by atoms with Crippen molar-refractivity contribution in [2.24, 2.45) is 5.92 Å². The van der Waals surface area contributed by atoms with Crippen molar-refractivity contribution in [3.8, 4) is 5.75 Å². The average Bonchev–Trinajstić information content (AvgIpc) is 2.34.